The molecule has 0 saturated heterocycles. The van der Waals surface area contributed by atoms with Crippen LogP contribution in [0.15, 0.2) is 36.5 Å². The number of hydrogen-bond donors (Lipinski definition) is 1. The Bertz CT molecular complexity index is 692. The summed E-state index contributed by atoms with van der Waals surface area (Å²) in [4.78, 5) is 12.2. The van der Waals surface area contributed by atoms with E-state index in [0.717, 1.165) is 30.5 Å². The Kier molecular flexibility index (Phi) is 3.87. The fourth-order valence-corrected chi connectivity index (χ4v) is 3.11. The molecule has 0 spiro atoms. The fourth-order valence-electron chi connectivity index (χ4n) is 3.11. The van der Waals surface area contributed by atoms with Crippen LogP contribution in [-0.4, -0.2) is 28.0 Å². The molecule has 1 fully saturated rings. The number of rotatable bonds is 4. The van der Waals surface area contributed by atoms with Crippen molar-refractivity contribution < 1.29 is 9.53 Å². The molecule has 0 radical (unpaired) electrons. The minimum atomic E-state index is -0.407. The van der Waals surface area contributed by atoms with E-state index in [1.165, 1.54) is 23.1 Å². The molecule has 23 heavy (non-hydrogen) atoms. The highest BCUT2D eigenvalue weighted by Crippen LogP contribution is 2.25. The van der Waals surface area contributed by atoms with Crippen LogP contribution in [0.4, 0.5) is 4.79 Å². The Labute approximate surface area is 135 Å². The van der Waals surface area contributed by atoms with Gasteiger partial charge in [-0.25, -0.2) is 4.79 Å². The highest BCUT2D eigenvalue weighted by molar-refractivity contribution is 5.69. The predicted molar refractivity (Wildman–Crippen MR) is 86.2 cm³/mol. The minimum Gasteiger partial charge on any atom is -0.443 e. The number of aromatic nitrogens is 2. The number of carbonyl (C=O) groups excluding carboxylic acids is 1. The van der Waals surface area contributed by atoms with E-state index in [4.69, 9.17) is 4.74 Å². The van der Waals surface area contributed by atoms with Gasteiger partial charge in [-0.3, -0.25) is 0 Å². The van der Waals surface area contributed by atoms with Gasteiger partial charge >= 0.3 is 6.09 Å². The molecule has 5 nitrogen and oxygen atoms in total. The van der Waals surface area contributed by atoms with Crippen LogP contribution >= 0.6 is 0 Å². The van der Waals surface area contributed by atoms with Crippen molar-refractivity contribution in [3.05, 3.63) is 53.3 Å². The van der Waals surface area contributed by atoms with Gasteiger partial charge in [-0.2, -0.15) is 9.78 Å². The van der Waals surface area contributed by atoms with Crippen molar-refractivity contribution in [2.75, 3.05) is 0 Å². The second-order valence-electron chi connectivity index (χ2n) is 6.47. The molecular formula is C18H21N3O2. The van der Waals surface area contributed by atoms with E-state index in [1.54, 1.807) is 0 Å². The number of hydrogen-bond acceptors (Lipinski definition) is 4. The summed E-state index contributed by atoms with van der Waals surface area (Å²) in [6.07, 6.45) is 7.01. The molecule has 5 heteroatoms. The summed E-state index contributed by atoms with van der Waals surface area (Å²) < 4.78 is 6.69. The monoisotopic (exact) mass is 311 g/mol. The normalized spacial score (nSPS) is 20.1. The van der Waals surface area contributed by atoms with Crippen LogP contribution in [0.1, 0.15) is 36.1 Å². The van der Waals surface area contributed by atoms with Gasteiger partial charge < -0.3 is 10.1 Å². The maximum atomic E-state index is 12.2. The van der Waals surface area contributed by atoms with Crippen molar-refractivity contribution in [1.82, 2.24) is 15.1 Å². The van der Waals surface area contributed by atoms with Crippen molar-refractivity contribution in [3.8, 4) is 0 Å². The van der Waals surface area contributed by atoms with E-state index >= 15 is 0 Å². The topological polar surface area (TPSA) is 56.2 Å². The highest BCUT2D eigenvalue weighted by atomic mass is 16.6. The van der Waals surface area contributed by atoms with Crippen LogP contribution in [0.5, 0.6) is 0 Å². The van der Waals surface area contributed by atoms with Crippen molar-refractivity contribution in [3.63, 3.8) is 0 Å². The van der Waals surface area contributed by atoms with Gasteiger partial charge in [0, 0.05) is 18.3 Å². The molecular weight excluding hydrogens is 290 g/mol. The largest absolute Gasteiger partial charge is 0.443 e. The summed E-state index contributed by atoms with van der Waals surface area (Å²) in [5.41, 5.74) is 3.19. The van der Waals surface area contributed by atoms with Crippen molar-refractivity contribution in [2.24, 2.45) is 0 Å². The van der Waals surface area contributed by atoms with Gasteiger partial charge in [0.2, 0.25) is 0 Å². The first-order valence-corrected chi connectivity index (χ1v) is 8.32. The lowest BCUT2D eigenvalue weighted by atomic mass is 9.93. The third kappa shape index (κ3) is 3.45. The van der Waals surface area contributed by atoms with Gasteiger partial charge in [-0.15, -0.1) is 0 Å². The van der Waals surface area contributed by atoms with E-state index < -0.39 is 6.09 Å². The summed E-state index contributed by atoms with van der Waals surface area (Å²) >= 11 is 0. The van der Waals surface area contributed by atoms with Crippen LogP contribution in [0.2, 0.25) is 0 Å². The smallest absolute Gasteiger partial charge is 0.435 e. The molecule has 2 aliphatic carbocycles. The van der Waals surface area contributed by atoms with E-state index in [2.05, 4.69) is 10.4 Å². The minimum absolute atomic E-state index is 0.274. The summed E-state index contributed by atoms with van der Waals surface area (Å²) in [6, 6.07) is 10.9. The molecule has 120 valence electrons. The van der Waals surface area contributed by atoms with E-state index in [0.29, 0.717) is 12.1 Å². The third-order valence-corrected chi connectivity index (χ3v) is 4.51. The SMILES string of the molecule is O=C(OCc1ccccc1)n1cc2c(n1)CCC(NC1CC1)C2. The highest BCUT2D eigenvalue weighted by Gasteiger charge is 2.28. The van der Waals surface area contributed by atoms with Crippen molar-refractivity contribution >= 4 is 6.09 Å². The second kappa shape index (κ2) is 6.16. The summed E-state index contributed by atoms with van der Waals surface area (Å²) in [5, 5.41) is 8.07. The zero-order valence-electron chi connectivity index (χ0n) is 13.1. The number of benzene rings is 1. The van der Waals surface area contributed by atoms with E-state index in [9.17, 15) is 4.79 Å². The first-order chi connectivity index (χ1) is 11.3. The maximum Gasteiger partial charge on any atom is 0.435 e. The first-order valence-electron chi connectivity index (χ1n) is 8.32. The molecule has 4 rings (SSSR count). The molecule has 2 aliphatic rings. The molecule has 1 N–H and O–H groups in total. The van der Waals surface area contributed by atoms with E-state index in [-0.39, 0.29) is 6.61 Å². The Morgan fingerprint density at radius 3 is 2.83 bits per heavy atom. The number of aryl methyl sites for hydroxylation is 1. The fraction of sp³-hybridized carbons (Fsp3) is 0.444. The van der Waals surface area contributed by atoms with Gasteiger partial charge in [0.1, 0.15) is 6.61 Å². The summed E-state index contributed by atoms with van der Waals surface area (Å²) in [6.45, 7) is 0.274. The average Bonchev–Trinajstić information content (AvgIpc) is 3.29. The van der Waals surface area contributed by atoms with Crippen molar-refractivity contribution in [1.29, 1.82) is 0 Å². The zero-order chi connectivity index (χ0) is 15.6. The number of nitrogens with zero attached hydrogens (tertiary/aromatic N) is 2. The number of carbonyl (C=O) groups is 1. The summed E-state index contributed by atoms with van der Waals surface area (Å²) in [7, 11) is 0. The summed E-state index contributed by atoms with van der Waals surface area (Å²) in [5.74, 6) is 0. The number of fused-ring (bicyclic) bond motifs is 1. The van der Waals surface area contributed by atoms with Gasteiger partial charge in [0.15, 0.2) is 0 Å². The quantitative estimate of drug-likeness (QED) is 0.943. The van der Waals surface area contributed by atoms with Gasteiger partial charge in [-0.1, -0.05) is 30.3 Å². The molecule has 1 atom stereocenters. The molecule has 1 aromatic carbocycles. The Balaban J connectivity index is 1.38. The molecule has 1 aromatic heterocycles. The zero-order valence-corrected chi connectivity index (χ0v) is 13.1. The third-order valence-electron chi connectivity index (χ3n) is 4.51. The van der Waals surface area contributed by atoms with Gasteiger partial charge in [0.05, 0.1) is 5.69 Å². The Morgan fingerprint density at radius 2 is 2.04 bits per heavy atom. The Morgan fingerprint density at radius 1 is 1.22 bits per heavy atom. The predicted octanol–water partition coefficient (Wildman–Crippen LogP) is 2.68. The van der Waals surface area contributed by atoms with Crippen LogP contribution in [-0.2, 0) is 24.2 Å². The first kappa shape index (κ1) is 14.5. The standard InChI is InChI=1S/C18H21N3O2/c22-18(23-12-13-4-2-1-3-5-13)21-11-14-10-16(19-15-6-7-15)8-9-17(14)20-21/h1-5,11,15-16,19H,6-10,12H2. The molecule has 1 heterocycles. The molecule has 1 saturated carbocycles. The number of nitrogens with one attached hydrogen (secondary N) is 1. The van der Waals surface area contributed by atoms with Gasteiger partial charge in [-0.05, 0) is 43.2 Å². The maximum absolute atomic E-state index is 12.2. The molecule has 1 unspecified atom stereocenters. The molecule has 0 aliphatic heterocycles. The van der Waals surface area contributed by atoms with E-state index in [1.807, 2.05) is 36.5 Å². The van der Waals surface area contributed by atoms with Crippen LogP contribution in [0.3, 0.4) is 0 Å². The van der Waals surface area contributed by atoms with Crippen LogP contribution < -0.4 is 5.32 Å². The van der Waals surface area contributed by atoms with Gasteiger partial charge in [0.25, 0.3) is 0 Å². The molecule has 0 amide bonds. The van der Waals surface area contributed by atoms with Crippen LogP contribution in [0, 0.1) is 0 Å². The lowest BCUT2D eigenvalue weighted by Crippen LogP contribution is -2.35. The lowest BCUT2D eigenvalue weighted by molar-refractivity contribution is 0.137. The molecule has 0 bridgehead atoms. The number of ether oxygens (including phenoxy) is 1. The Hall–Kier alpha value is -2.14. The van der Waals surface area contributed by atoms with Crippen LogP contribution in [0.25, 0.3) is 0 Å². The average molecular weight is 311 g/mol. The second-order valence-corrected chi connectivity index (χ2v) is 6.47. The lowest BCUT2D eigenvalue weighted by Gasteiger charge is -2.22. The molecule has 2 aromatic rings. The van der Waals surface area contributed by atoms with Crippen molar-refractivity contribution in [2.45, 2.75) is 50.8 Å².